The first-order valence-corrected chi connectivity index (χ1v) is 23.3. The molecule has 0 radical (unpaired) electrons. The fourth-order valence-corrected chi connectivity index (χ4v) is 10.1. The van der Waals surface area contributed by atoms with Crippen molar-refractivity contribution in [2.45, 2.75) is 0 Å². The zero-order valence-electron chi connectivity index (χ0n) is 37.5. The number of para-hydroxylation sites is 2. The van der Waals surface area contributed by atoms with Crippen LogP contribution in [0.1, 0.15) is 0 Å². The Morgan fingerprint density at radius 2 is 0.456 bits per heavy atom. The zero-order valence-corrected chi connectivity index (χ0v) is 37.5. The minimum atomic E-state index is 1.08. The summed E-state index contributed by atoms with van der Waals surface area (Å²) in [6, 6.07) is 101. The first kappa shape index (κ1) is 40.5. The van der Waals surface area contributed by atoms with E-state index in [1.807, 2.05) is 0 Å². The van der Waals surface area contributed by atoms with Gasteiger partial charge in [0.2, 0.25) is 0 Å². The Bertz CT molecular complexity index is 3450. The largest absolute Gasteiger partial charge is 0.310 e. The molecule has 0 aromatic heterocycles. The van der Waals surface area contributed by atoms with Crippen LogP contribution in [-0.2, 0) is 0 Å². The topological polar surface area (TPSA) is 6.48 Å². The summed E-state index contributed by atoms with van der Waals surface area (Å²) >= 11 is 0. The van der Waals surface area contributed by atoms with E-state index in [0.717, 1.165) is 45.3 Å². The van der Waals surface area contributed by atoms with Crippen LogP contribution < -0.4 is 9.80 Å². The van der Waals surface area contributed by atoms with Gasteiger partial charge in [0.05, 0.1) is 0 Å². The third kappa shape index (κ3) is 7.54. The van der Waals surface area contributed by atoms with Crippen molar-refractivity contribution in [1.29, 1.82) is 0 Å². The molecular formula is C66H46N2. The minimum absolute atomic E-state index is 1.08. The van der Waals surface area contributed by atoms with Crippen molar-refractivity contribution < 1.29 is 0 Å². The number of hydrogen-bond acceptors (Lipinski definition) is 2. The van der Waals surface area contributed by atoms with Crippen molar-refractivity contribution in [2.24, 2.45) is 0 Å². The lowest BCUT2D eigenvalue weighted by Crippen LogP contribution is -2.10. The van der Waals surface area contributed by atoms with E-state index in [-0.39, 0.29) is 0 Å². The highest BCUT2D eigenvalue weighted by Crippen LogP contribution is 2.52. The van der Waals surface area contributed by atoms with Crippen molar-refractivity contribution >= 4 is 66.4 Å². The van der Waals surface area contributed by atoms with Crippen LogP contribution in [0.5, 0.6) is 0 Å². The number of fused-ring (bicyclic) bond motifs is 3. The van der Waals surface area contributed by atoms with Crippen molar-refractivity contribution in [1.82, 2.24) is 0 Å². The molecule has 0 heterocycles. The lowest BCUT2D eigenvalue weighted by atomic mass is 9.79. The van der Waals surface area contributed by atoms with Crippen LogP contribution in [0.15, 0.2) is 279 Å². The van der Waals surface area contributed by atoms with Gasteiger partial charge in [0.1, 0.15) is 0 Å². The van der Waals surface area contributed by atoms with Crippen LogP contribution in [0.3, 0.4) is 0 Å². The normalized spacial score (nSPS) is 11.2. The molecule has 12 aromatic rings. The lowest BCUT2D eigenvalue weighted by Gasteiger charge is -2.28. The van der Waals surface area contributed by atoms with Gasteiger partial charge < -0.3 is 9.80 Å². The Morgan fingerprint density at radius 3 is 0.838 bits per heavy atom. The van der Waals surface area contributed by atoms with E-state index in [0.29, 0.717) is 0 Å². The van der Waals surface area contributed by atoms with Gasteiger partial charge in [-0.15, -0.1) is 0 Å². The van der Waals surface area contributed by atoms with E-state index >= 15 is 0 Å². The molecule has 0 spiro atoms. The number of hydrogen-bond donors (Lipinski definition) is 0. The third-order valence-electron chi connectivity index (χ3n) is 13.2. The van der Waals surface area contributed by atoms with Gasteiger partial charge in [-0.25, -0.2) is 0 Å². The standard InChI is InChI=1S/C66H46N2/c1-5-21-49(22-6-1)63-61-31-17-18-32-62(61)64(50-23-7-2-8-24-50)66(52-37-41-58(42-38-52)68(56-29-11-4-12-30-56)60-44-34-48-20-14-16-26-54(48)46-60)65(63)51-35-39-57(40-36-51)67(55-27-9-3-10-28-55)59-43-33-47-19-13-15-25-53(47)45-59/h1-46H. The highest BCUT2D eigenvalue weighted by atomic mass is 15.1. The number of benzene rings is 12. The fourth-order valence-electron chi connectivity index (χ4n) is 10.1. The molecule has 0 unspecified atom stereocenters. The van der Waals surface area contributed by atoms with Gasteiger partial charge >= 0.3 is 0 Å². The lowest BCUT2D eigenvalue weighted by molar-refractivity contribution is 1.29. The molecule has 12 aromatic carbocycles. The minimum Gasteiger partial charge on any atom is -0.310 e. The second-order valence-electron chi connectivity index (χ2n) is 17.3. The molecule has 2 nitrogen and oxygen atoms in total. The second-order valence-corrected chi connectivity index (χ2v) is 17.3. The summed E-state index contributed by atoms with van der Waals surface area (Å²) in [5, 5.41) is 7.29. The summed E-state index contributed by atoms with van der Waals surface area (Å²) in [6.07, 6.45) is 0. The van der Waals surface area contributed by atoms with Crippen molar-refractivity contribution in [3.63, 3.8) is 0 Å². The van der Waals surface area contributed by atoms with Crippen molar-refractivity contribution in [3.8, 4) is 44.5 Å². The molecule has 12 rings (SSSR count). The summed E-state index contributed by atoms with van der Waals surface area (Å²) in [7, 11) is 0. The van der Waals surface area contributed by atoms with E-state index in [9.17, 15) is 0 Å². The highest BCUT2D eigenvalue weighted by molar-refractivity contribution is 6.18. The molecule has 0 saturated heterocycles. The van der Waals surface area contributed by atoms with Gasteiger partial charge in [0.25, 0.3) is 0 Å². The van der Waals surface area contributed by atoms with E-state index < -0.39 is 0 Å². The third-order valence-corrected chi connectivity index (χ3v) is 13.2. The highest BCUT2D eigenvalue weighted by Gasteiger charge is 2.25. The van der Waals surface area contributed by atoms with Crippen LogP contribution in [0, 0.1) is 0 Å². The maximum absolute atomic E-state index is 2.36. The van der Waals surface area contributed by atoms with E-state index in [4.69, 9.17) is 0 Å². The second kappa shape index (κ2) is 17.8. The van der Waals surface area contributed by atoms with Crippen LogP contribution >= 0.6 is 0 Å². The molecule has 0 N–H and O–H groups in total. The number of anilines is 6. The summed E-state index contributed by atoms with van der Waals surface area (Å²) in [4.78, 5) is 4.72. The molecule has 68 heavy (non-hydrogen) atoms. The van der Waals surface area contributed by atoms with Crippen molar-refractivity contribution in [2.75, 3.05) is 9.80 Å². The van der Waals surface area contributed by atoms with Gasteiger partial charge in [-0.05, 0) is 150 Å². The van der Waals surface area contributed by atoms with Crippen LogP contribution in [0.2, 0.25) is 0 Å². The molecule has 0 bridgehead atoms. The van der Waals surface area contributed by atoms with Gasteiger partial charge in [-0.2, -0.15) is 0 Å². The summed E-state index contributed by atoms with van der Waals surface area (Å²) in [5.74, 6) is 0. The average molecular weight is 867 g/mol. The molecule has 320 valence electrons. The Labute approximate surface area is 397 Å². The summed E-state index contributed by atoms with van der Waals surface area (Å²) in [6.45, 7) is 0. The van der Waals surface area contributed by atoms with E-state index in [1.165, 1.54) is 65.7 Å². The van der Waals surface area contributed by atoms with Crippen LogP contribution in [0.25, 0.3) is 76.8 Å². The van der Waals surface area contributed by atoms with Gasteiger partial charge in [-0.1, -0.05) is 206 Å². The Morgan fingerprint density at radius 1 is 0.176 bits per heavy atom. The Hall–Kier alpha value is -8.98. The van der Waals surface area contributed by atoms with E-state index in [2.05, 4.69) is 289 Å². The monoisotopic (exact) mass is 866 g/mol. The predicted molar refractivity (Wildman–Crippen MR) is 290 cm³/mol. The molecule has 0 amide bonds. The maximum Gasteiger partial charge on any atom is 0.0468 e. The zero-order chi connectivity index (χ0) is 45.2. The van der Waals surface area contributed by atoms with Gasteiger partial charge in [0.15, 0.2) is 0 Å². The van der Waals surface area contributed by atoms with Crippen LogP contribution in [0.4, 0.5) is 34.1 Å². The predicted octanol–water partition coefficient (Wildman–Crippen LogP) is 18.8. The quantitative estimate of drug-likeness (QED) is 0.135. The summed E-state index contributed by atoms with van der Waals surface area (Å²) < 4.78 is 0. The van der Waals surface area contributed by atoms with Gasteiger partial charge in [0, 0.05) is 34.1 Å². The van der Waals surface area contributed by atoms with Crippen molar-refractivity contribution in [3.05, 3.63) is 279 Å². The van der Waals surface area contributed by atoms with Crippen LogP contribution in [-0.4, -0.2) is 0 Å². The SMILES string of the molecule is c1ccc(-c2c(-c3ccc(N(c4ccccc4)c4ccc5ccccc5c4)cc3)c(-c3ccc(N(c4ccccc4)c4ccc5ccccc5c4)cc3)c(-c3ccccc3)c3ccccc23)cc1. The fraction of sp³-hybridized carbons (Fsp3) is 0. The molecule has 0 aliphatic rings. The molecule has 0 aliphatic carbocycles. The number of nitrogens with zero attached hydrogens (tertiary/aromatic N) is 2. The first-order chi connectivity index (χ1) is 33.7. The number of rotatable bonds is 10. The van der Waals surface area contributed by atoms with E-state index in [1.54, 1.807) is 0 Å². The molecule has 0 atom stereocenters. The first-order valence-electron chi connectivity index (χ1n) is 23.3. The summed E-state index contributed by atoms with van der Waals surface area (Å²) in [5.41, 5.74) is 16.0. The Kier molecular flexibility index (Phi) is 10.6. The molecule has 0 saturated carbocycles. The van der Waals surface area contributed by atoms with Gasteiger partial charge in [-0.3, -0.25) is 0 Å². The Balaban J connectivity index is 1.09. The maximum atomic E-state index is 2.36. The molecule has 0 aliphatic heterocycles. The molecule has 2 heteroatoms. The molecular weight excluding hydrogens is 821 g/mol. The average Bonchev–Trinajstić information content (AvgIpc) is 3.42. The molecule has 0 fully saturated rings. The smallest absolute Gasteiger partial charge is 0.0468 e.